The van der Waals surface area contributed by atoms with Crippen LogP contribution in [0.3, 0.4) is 0 Å². The zero-order chi connectivity index (χ0) is 19.4. The number of fused-ring (bicyclic) bond motifs is 2. The molecule has 6 rings (SSSR count). The second-order valence-corrected chi connectivity index (χ2v) is 8.88. The largest absolute Gasteiger partial charge is 0.373 e. The van der Waals surface area contributed by atoms with E-state index in [0.717, 1.165) is 29.6 Å². The fourth-order valence-corrected chi connectivity index (χ4v) is 5.42. The number of ether oxygens (including phenoxy) is 2. The van der Waals surface area contributed by atoms with E-state index in [1.807, 2.05) is 10.4 Å². The van der Waals surface area contributed by atoms with Gasteiger partial charge in [-0.05, 0) is 30.5 Å². The van der Waals surface area contributed by atoms with Crippen molar-refractivity contribution in [1.29, 1.82) is 0 Å². The van der Waals surface area contributed by atoms with E-state index in [4.69, 9.17) is 9.47 Å². The third kappa shape index (κ3) is 2.78. The van der Waals surface area contributed by atoms with Crippen molar-refractivity contribution in [1.82, 2.24) is 19.9 Å². The van der Waals surface area contributed by atoms with Crippen LogP contribution in [-0.4, -0.2) is 43.7 Å². The Balaban J connectivity index is 1.11. The molecule has 8 heteroatoms. The smallest absolute Gasteiger partial charge is 0.257 e. The average Bonchev–Trinajstić information content (AvgIpc) is 3.41. The monoisotopic (exact) mass is 408 g/mol. The Labute approximate surface area is 171 Å². The molecule has 0 radical (unpaired) electrons. The first kappa shape index (κ1) is 17.4. The van der Waals surface area contributed by atoms with Crippen molar-refractivity contribution in [2.45, 2.75) is 56.3 Å². The van der Waals surface area contributed by atoms with Crippen LogP contribution in [0, 0.1) is 0 Å². The van der Waals surface area contributed by atoms with Crippen molar-refractivity contribution >= 4 is 27.5 Å². The van der Waals surface area contributed by atoms with Crippen LogP contribution in [0.25, 0.3) is 10.2 Å². The summed E-state index contributed by atoms with van der Waals surface area (Å²) in [6.45, 7) is 0.526. The van der Waals surface area contributed by atoms with Crippen molar-refractivity contribution in [3.05, 3.63) is 53.6 Å². The average molecular weight is 408 g/mol. The van der Waals surface area contributed by atoms with Crippen molar-refractivity contribution in [3.63, 3.8) is 0 Å². The quantitative estimate of drug-likeness (QED) is 0.660. The summed E-state index contributed by atoms with van der Waals surface area (Å²) in [6.07, 6.45) is 7.91. The maximum Gasteiger partial charge on any atom is 0.257 e. The predicted molar refractivity (Wildman–Crippen MR) is 106 cm³/mol. The number of thiazole rings is 1. The SMILES string of the molecule is O=C1N2[C@@H](CC[C@H]2c2cnccn2)OC12CC(OCc1ccc3scnc3c1)C2. The summed E-state index contributed by atoms with van der Waals surface area (Å²) in [5.41, 5.74) is 4.09. The number of carbonyl (C=O) groups is 1. The highest BCUT2D eigenvalue weighted by Gasteiger charge is 2.63. The molecule has 2 aliphatic heterocycles. The van der Waals surface area contributed by atoms with Crippen LogP contribution in [-0.2, 0) is 20.9 Å². The summed E-state index contributed by atoms with van der Waals surface area (Å²) in [5.74, 6) is 0.0828. The summed E-state index contributed by atoms with van der Waals surface area (Å²) in [6, 6.07) is 6.19. The second kappa shape index (κ2) is 6.55. The van der Waals surface area contributed by atoms with Gasteiger partial charge >= 0.3 is 0 Å². The molecular weight excluding hydrogens is 388 g/mol. The Morgan fingerprint density at radius 2 is 2.17 bits per heavy atom. The van der Waals surface area contributed by atoms with Crippen LogP contribution >= 0.6 is 11.3 Å². The van der Waals surface area contributed by atoms with Gasteiger partial charge in [-0.1, -0.05) is 6.07 Å². The third-order valence-electron chi connectivity index (χ3n) is 6.24. The number of hydrogen-bond acceptors (Lipinski definition) is 7. The van der Waals surface area contributed by atoms with E-state index in [2.05, 4.69) is 33.2 Å². The van der Waals surface area contributed by atoms with E-state index < -0.39 is 5.60 Å². The standard InChI is InChI=1S/C21H20N4O3S/c26-20-21(28-19-4-2-17(25(19)20)16-10-22-5-6-23-16)8-14(9-21)27-11-13-1-3-18-15(7-13)24-12-29-18/h1,3,5-7,10,12,14,17,19H,2,4,8-9,11H2/t14?,17-,19+,21?/m0/s1. The van der Waals surface area contributed by atoms with E-state index in [-0.39, 0.29) is 24.3 Å². The van der Waals surface area contributed by atoms with Crippen molar-refractivity contribution in [2.75, 3.05) is 0 Å². The van der Waals surface area contributed by atoms with Gasteiger partial charge in [0.05, 0.1) is 46.4 Å². The van der Waals surface area contributed by atoms with Gasteiger partial charge in [0, 0.05) is 25.2 Å². The molecule has 1 aliphatic carbocycles. The summed E-state index contributed by atoms with van der Waals surface area (Å²) in [4.78, 5) is 28.0. The molecule has 0 N–H and O–H groups in total. The van der Waals surface area contributed by atoms with Crippen LogP contribution in [0.4, 0.5) is 0 Å². The first-order valence-electron chi connectivity index (χ1n) is 9.92. The van der Waals surface area contributed by atoms with Gasteiger partial charge in [0.25, 0.3) is 5.91 Å². The molecule has 3 fully saturated rings. The molecule has 0 unspecified atom stereocenters. The Bertz CT molecular complexity index is 1070. The zero-order valence-corrected chi connectivity index (χ0v) is 16.5. The molecule has 0 bridgehead atoms. The van der Waals surface area contributed by atoms with Gasteiger partial charge in [0.1, 0.15) is 6.23 Å². The molecule has 2 saturated heterocycles. The molecule has 1 spiro atoms. The van der Waals surface area contributed by atoms with Gasteiger partial charge in [-0.2, -0.15) is 0 Å². The first-order valence-corrected chi connectivity index (χ1v) is 10.8. The van der Waals surface area contributed by atoms with Crippen molar-refractivity contribution in [2.24, 2.45) is 0 Å². The van der Waals surface area contributed by atoms with Crippen LogP contribution in [0.15, 0.2) is 42.3 Å². The molecule has 1 saturated carbocycles. The van der Waals surface area contributed by atoms with Crippen LogP contribution in [0.5, 0.6) is 0 Å². The summed E-state index contributed by atoms with van der Waals surface area (Å²) in [5, 5.41) is 0. The fourth-order valence-electron chi connectivity index (χ4n) is 4.76. The Morgan fingerprint density at radius 3 is 3.03 bits per heavy atom. The molecule has 29 heavy (non-hydrogen) atoms. The Hall–Kier alpha value is -2.42. The van der Waals surface area contributed by atoms with E-state index in [1.54, 1.807) is 29.9 Å². The third-order valence-corrected chi connectivity index (χ3v) is 7.05. The first-order chi connectivity index (χ1) is 14.2. The Morgan fingerprint density at radius 1 is 1.24 bits per heavy atom. The van der Waals surface area contributed by atoms with E-state index >= 15 is 0 Å². The Kier molecular flexibility index (Phi) is 3.94. The van der Waals surface area contributed by atoms with E-state index in [1.165, 1.54) is 4.70 Å². The minimum atomic E-state index is -0.713. The maximum atomic E-state index is 13.2. The minimum absolute atomic E-state index is 0.0367. The number of amides is 1. The number of nitrogens with zero attached hydrogens (tertiary/aromatic N) is 4. The van der Waals surface area contributed by atoms with Crippen molar-refractivity contribution in [3.8, 4) is 0 Å². The minimum Gasteiger partial charge on any atom is -0.373 e. The number of rotatable bonds is 4. The van der Waals surface area contributed by atoms with Gasteiger partial charge in [-0.15, -0.1) is 11.3 Å². The highest BCUT2D eigenvalue weighted by atomic mass is 32.1. The topological polar surface area (TPSA) is 77.4 Å². The van der Waals surface area contributed by atoms with Crippen molar-refractivity contribution < 1.29 is 14.3 Å². The highest BCUT2D eigenvalue weighted by molar-refractivity contribution is 7.16. The lowest BCUT2D eigenvalue weighted by Gasteiger charge is -2.42. The molecule has 7 nitrogen and oxygen atoms in total. The summed E-state index contributed by atoms with van der Waals surface area (Å²) in [7, 11) is 0. The number of aromatic nitrogens is 3. The molecule has 1 amide bonds. The lowest BCUT2D eigenvalue weighted by molar-refractivity contribution is -0.177. The molecule has 4 heterocycles. The lowest BCUT2D eigenvalue weighted by Crippen LogP contribution is -2.54. The van der Waals surface area contributed by atoms with Gasteiger partial charge < -0.3 is 14.4 Å². The maximum absolute atomic E-state index is 13.2. The molecular formula is C21H20N4O3S. The van der Waals surface area contributed by atoms with Gasteiger partial charge in [-0.25, -0.2) is 4.98 Å². The lowest BCUT2D eigenvalue weighted by atomic mass is 9.76. The summed E-state index contributed by atoms with van der Waals surface area (Å²) < 4.78 is 13.5. The normalized spacial score (nSPS) is 30.8. The predicted octanol–water partition coefficient (Wildman–Crippen LogP) is 3.22. The van der Waals surface area contributed by atoms with Gasteiger partial charge in [0.2, 0.25) is 0 Å². The highest BCUT2D eigenvalue weighted by Crippen LogP contribution is 2.51. The van der Waals surface area contributed by atoms with E-state index in [0.29, 0.717) is 19.4 Å². The van der Waals surface area contributed by atoms with Crippen LogP contribution in [0.1, 0.15) is 43.0 Å². The number of hydrogen-bond donors (Lipinski definition) is 0. The molecule has 2 aromatic heterocycles. The van der Waals surface area contributed by atoms with E-state index in [9.17, 15) is 4.79 Å². The molecule has 3 aliphatic rings. The van der Waals surface area contributed by atoms with Crippen LogP contribution < -0.4 is 0 Å². The number of benzene rings is 1. The molecule has 2 atom stereocenters. The van der Waals surface area contributed by atoms with Gasteiger partial charge in [-0.3, -0.25) is 14.8 Å². The molecule has 3 aromatic rings. The zero-order valence-electron chi connectivity index (χ0n) is 15.7. The molecule has 1 aromatic carbocycles. The van der Waals surface area contributed by atoms with Crippen LogP contribution in [0.2, 0.25) is 0 Å². The number of carbonyl (C=O) groups excluding carboxylic acids is 1. The second-order valence-electron chi connectivity index (χ2n) is 8.00. The summed E-state index contributed by atoms with van der Waals surface area (Å²) >= 11 is 1.64. The fraction of sp³-hybridized carbons (Fsp3) is 0.429. The van der Waals surface area contributed by atoms with Gasteiger partial charge in [0.15, 0.2) is 5.60 Å². The molecule has 148 valence electrons.